The average Bonchev–Trinajstić information content (AvgIpc) is 3.38. The van der Waals surface area contributed by atoms with Crippen LogP contribution in [0.15, 0.2) is 24.4 Å². The molecule has 2 unspecified atom stereocenters. The number of nitrogens with zero attached hydrogens (tertiary/aromatic N) is 6. The maximum atomic E-state index is 11.4. The molecule has 1 aliphatic carbocycles. The van der Waals surface area contributed by atoms with Crippen molar-refractivity contribution in [1.82, 2.24) is 34.9 Å². The van der Waals surface area contributed by atoms with Crippen molar-refractivity contribution in [2.75, 3.05) is 5.32 Å². The summed E-state index contributed by atoms with van der Waals surface area (Å²) in [7, 11) is 0. The normalized spacial score (nSPS) is 19.5. The summed E-state index contributed by atoms with van der Waals surface area (Å²) in [5, 5.41) is 11.7. The van der Waals surface area contributed by atoms with Crippen LogP contribution >= 0.6 is 0 Å². The zero-order chi connectivity index (χ0) is 19.3. The molecule has 1 amide bonds. The van der Waals surface area contributed by atoms with E-state index in [0.29, 0.717) is 23.5 Å². The van der Waals surface area contributed by atoms with Crippen LogP contribution in [0.4, 0.5) is 5.95 Å². The summed E-state index contributed by atoms with van der Waals surface area (Å²) in [4.78, 5) is 28.0. The van der Waals surface area contributed by atoms with Crippen LogP contribution in [-0.4, -0.2) is 46.9 Å². The molecule has 1 aromatic carbocycles. The van der Waals surface area contributed by atoms with Gasteiger partial charge in [-0.3, -0.25) is 4.79 Å². The van der Waals surface area contributed by atoms with Crippen molar-refractivity contribution in [3.8, 4) is 5.69 Å². The van der Waals surface area contributed by atoms with Gasteiger partial charge >= 0.3 is 0 Å². The average molecular weight is 377 g/mol. The van der Waals surface area contributed by atoms with Gasteiger partial charge in [-0.2, -0.15) is 9.67 Å². The molecule has 4 N–H and O–H groups in total. The number of aromatic amines is 1. The highest BCUT2D eigenvalue weighted by molar-refractivity contribution is 5.79. The van der Waals surface area contributed by atoms with Crippen molar-refractivity contribution >= 4 is 34.1 Å². The molecule has 142 valence electrons. The lowest BCUT2D eigenvalue weighted by atomic mass is 10.1. The summed E-state index contributed by atoms with van der Waals surface area (Å²) in [6, 6.07) is 5.96. The van der Waals surface area contributed by atoms with Gasteiger partial charge in [0, 0.05) is 12.0 Å². The van der Waals surface area contributed by atoms with E-state index in [-0.39, 0.29) is 17.9 Å². The predicted octanol–water partition coefficient (Wildman–Crippen LogP) is 1.46. The van der Waals surface area contributed by atoms with Crippen molar-refractivity contribution in [2.45, 2.75) is 32.2 Å². The highest BCUT2D eigenvalue weighted by Gasteiger charge is 2.28. The Hall–Kier alpha value is -3.56. The Balaban J connectivity index is 1.47. The molecule has 10 heteroatoms. The first kappa shape index (κ1) is 16.6. The number of primary amides is 1. The summed E-state index contributed by atoms with van der Waals surface area (Å²) >= 11 is 0. The number of amides is 1. The summed E-state index contributed by atoms with van der Waals surface area (Å²) in [5.41, 5.74) is 9.28. The number of H-pyrrole nitrogens is 1. The van der Waals surface area contributed by atoms with Crippen LogP contribution in [-0.2, 0) is 4.79 Å². The fraction of sp³-hybridized carbons (Fsp3) is 0.333. The first-order valence-electron chi connectivity index (χ1n) is 9.18. The second kappa shape index (κ2) is 6.25. The van der Waals surface area contributed by atoms with Gasteiger partial charge in [0.25, 0.3) is 0 Å². The smallest absolute Gasteiger partial charge is 0.225 e. The molecule has 2 atom stereocenters. The summed E-state index contributed by atoms with van der Waals surface area (Å²) in [6.07, 6.45) is 4.00. The van der Waals surface area contributed by atoms with E-state index < -0.39 is 0 Å². The van der Waals surface area contributed by atoms with E-state index in [1.165, 1.54) is 0 Å². The van der Waals surface area contributed by atoms with Crippen LogP contribution < -0.4 is 11.1 Å². The number of imidazole rings is 1. The van der Waals surface area contributed by atoms with E-state index in [1.807, 2.05) is 25.1 Å². The van der Waals surface area contributed by atoms with E-state index in [2.05, 4.69) is 35.6 Å². The molecule has 0 aliphatic heterocycles. The minimum Gasteiger partial charge on any atom is -0.369 e. The fourth-order valence-corrected chi connectivity index (χ4v) is 3.78. The second-order valence-corrected chi connectivity index (χ2v) is 7.18. The standard InChI is InChI=1S/C18H19N9O/c1-9-21-13-5-4-12(7-14(13)22-9)27-17-15(25-26-27)8-20-18(24-17)23-11-3-2-10(6-11)16(19)28/h4-5,7-8,10-11H,2-3,6H2,1H3,(H2,19,28)(H,21,22)(H,20,23,24). The molecule has 4 aromatic rings. The number of fused-ring (bicyclic) bond motifs is 2. The molecule has 0 saturated heterocycles. The lowest BCUT2D eigenvalue weighted by Gasteiger charge is -2.12. The first-order valence-corrected chi connectivity index (χ1v) is 9.18. The molecule has 5 rings (SSSR count). The molecule has 0 bridgehead atoms. The van der Waals surface area contributed by atoms with Gasteiger partial charge in [-0.05, 0) is 44.4 Å². The number of aromatic nitrogens is 7. The zero-order valence-corrected chi connectivity index (χ0v) is 15.3. The molecule has 0 radical (unpaired) electrons. The number of anilines is 1. The molecule has 0 spiro atoms. The molecule has 28 heavy (non-hydrogen) atoms. The van der Waals surface area contributed by atoms with Gasteiger partial charge in [0.15, 0.2) is 11.2 Å². The Morgan fingerprint density at radius 3 is 3.00 bits per heavy atom. The van der Waals surface area contributed by atoms with Gasteiger partial charge in [-0.25, -0.2) is 9.97 Å². The minimum atomic E-state index is -0.243. The molecule has 1 saturated carbocycles. The Labute approximate surface area is 159 Å². The third-order valence-electron chi connectivity index (χ3n) is 5.19. The Kier molecular flexibility index (Phi) is 3.71. The van der Waals surface area contributed by atoms with E-state index in [0.717, 1.165) is 35.4 Å². The summed E-state index contributed by atoms with van der Waals surface area (Å²) in [5.74, 6) is 1.02. The third kappa shape index (κ3) is 2.82. The highest BCUT2D eigenvalue weighted by Crippen LogP contribution is 2.27. The molecule has 1 fully saturated rings. The predicted molar refractivity (Wildman–Crippen MR) is 103 cm³/mol. The van der Waals surface area contributed by atoms with Crippen molar-refractivity contribution in [2.24, 2.45) is 11.7 Å². The minimum absolute atomic E-state index is 0.0852. The maximum Gasteiger partial charge on any atom is 0.225 e. The Morgan fingerprint density at radius 1 is 1.29 bits per heavy atom. The van der Waals surface area contributed by atoms with Crippen LogP contribution in [0.3, 0.4) is 0 Å². The van der Waals surface area contributed by atoms with E-state index in [9.17, 15) is 4.79 Å². The SMILES string of the molecule is Cc1nc2ccc(-n3nnc4cnc(NC5CCC(C(N)=O)C5)nc43)cc2[nH]1. The molecular weight excluding hydrogens is 358 g/mol. The number of hydrogen-bond acceptors (Lipinski definition) is 7. The van der Waals surface area contributed by atoms with Gasteiger partial charge in [0.1, 0.15) is 5.82 Å². The zero-order valence-electron chi connectivity index (χ0n) is 15.3. The summed E-state index contributed by atoms with van der Waals surface area (Å²) in [6.45, 7) is 1.92. The van der Waals surface area contributed by atoms with E-state index in [1.54, 1.807) is 10.9 Å². The highest BCUT2D eigenvalue weighted by atomic mass is 16.1. The number of carbonyl (C=O) groups is 1. The lowest BCUT2D eigenvalue weighted by molar-refractivity contribution is -0.121. The molecular formula is C18H19N9O. The van der Waals surface area contributed by atoms with Crippen molar-refractivity contribution in [3.05, 3.63) is 30.2 Å². The van der Waals surface area contributed by atoms with Crippen LogP contribution in [0.1, 0.15) is 25.1 Å². The summed E-state index contributed by atoms with van der Waals surface area (Å²) < 4.78 is 1.68. The van der Waals surface area contributed by atoms with Gasteiger partial charge < -0.3 is 16.0 Å². The maximum absolute atomic E-state index is 11.4. The van der Waals surface area contributed by atoms with Crippen LogP contribution in [0.5, 0.6) is 0 Å². The molecule has 3 heterocycles. The largest absolute Gasteiger partial charge is 0.369 e. The van der Waals surface area contributed by atoms with Gasteiger partial charge in [-0.15, -0.1) is 5.10 Å². The van der Waals surface area contributed by atoms with Crippen molar-refractivity contribution in [3.63, 3.8) is 0 Å². The van der Waals surface area contributed by atoms with Crippen molar-refractivity contribution in [1.29, 1.82) is 0 Å². The second-order valence-electron chi connectivity index (χ2n) is 7.18. The number of nitrogens with one attached hydrogen (secondary N) is 2. The Bertz CT molecular complexity index is 1190. The number of benzene rings is 1. The lowest BCUT2D eigenvalue weighted by Crippen LogP contribution is -2.23. The fourth-order valence-electron chi connectivity index (χ4n) is 3.78. The van der Waals surface area contributed by atoms with Crippen LogP contribution in [0, 0.1) is 12.8 Å². The molecule has 10 nitrogen and oxygen atoms in total. The van der Waals surface area contributed by atoms with Gasteiger partial charge in [0.2, 0.25) is 11.9 Å². The number of rotatable bonds is 4. The van der Waals surface area contributed by atoms with Crippen LogP contribution in [0.25, 0.3) is 27.9 Å². The van der Waals surface area contributed by atoms with Crippen molar-refractivity contribution < 1.29 is 4.79 Å². The number of hydrogen-bond donors (Lipinski definition) is 3. The van der Waals surface area contributed by atoms with Gasteiger partial charge in [0.05, 0.1) is 22.9 Å². The Morgan fingerprint density at radius 2 is 2.18 bits per heavy atom. The number of aryl methyl sites for hydroxylation is 1. The number of nitrogens with two attached hydrogens (primary N) is 1. The van der Waals surface area contributed by atoms with E-state index >= 15 is 0 Å². The molecule has 3 aromatic heterocycles. The monoisotopic (exact) mass is 377 g/mol. The molecule has 1 aliphatic rings. The first-order chi connectivity index (χ1) is 13.6. The van der Waals surface area contributed by atoms with Crippen LogP contribution in [0.2, 0.25) is 0 Å². The van der Waals surface area contributed by atoms with Gasteiger partial charge in [-0.1, -0.05) is 5.21 Å². The quantitative estimate of drug-likeness (QED) is 0.489. The number of carbonyl (C=O) groups excluding carboxylic acids is 1. The van der Waals surface area contributed by atoms with E-state index in [4.69, 9.17) is 5.73 Å². The topological polar surface area (TPSA) is 140 Å². The third-order valence-corrected chi connectivity index (χ3v) is 5.19.